The van der Waals surface area contributed by atoms with Gasteiger partial charge in [0, 0.05) is 18.1 Å². The van der Waals surface area contributed by atoms with Crippen molar-refractivity contribution in [2.24, 2.45) is 5.73 Å². The molecule has 1 atom stereocenters. The first kappa shape index (κ1) is 9.37. The third-order valence-corrected chi connectivity index (χ3v) is 3.66. The number of ether oxygens (including phenoxy) is 1. The third-order valence-electron chi connectivity index (χ3n) is 3.66. The molecule has 15 heavy (non-hydrogen) atoms. The lowest BCUT2D eigenvalue weighted by Crippen LogP contribution is -2.21. The van der Waals surface area contributed by atoms with Gasteiger partial charge in [0.15, 0.2) is 0 Å². The smallest absolute Gasteiger partial charge is 0.0535 e. The number of rotatable bonds is 2. The van der Waals surface area contributed by atoms with Crippen LogP contribution >= 0.6 is 0 Å². The van der Waals surface area contributed by atoms with Gasteiger partial charge in [-0.2, -0.15) is 0 Å². The Balaban J connectivity index is 1.98. The molecule has 3 rings (SSSR count). The summed E-state index contributed by atoms with van der Waals surface area (Å²) >= 11 is 0. The van der Waals surface area contributed by atoms with E-state index in [1.807, 2.05) is 0 Å². The van der Waals surface area contributed by atoms with Crippen molar-refractivity contribution >= 4 is 0 Å². The first-order valence-corrected chi connectivity index (χ1v) is 5.76. The summed E-state index contributed by atoms with van der Waals surface area (Å²) in [6.07, 6.45) is 3.42. The van der Waals surface area contributed by atoms with Crippen molar-refractivity contribution in [2.75, 3.05) is 13.2 Å². The van der Waals surface area contributed by atoms with Gasteiger partial charge >= 0.3 is 0 Å². The molecule has 2 N–H and O–H groups in total. The van der Waals surface area contributed by atoms with Crippen LogP contribution in [0.1, 0.15) is 36.3 Å². The van der Waals surface area contributed by atoms with Crippen LogP contribution in [0.4, 0.5) is 0 Å². The zero-order valence-electron chi connectivity index (χ0n) is 8.91. The molecule has 1 saturated carbocycles. The molecular formula is C13H17NO. The van der Waals surface area contributed by atoms with E-state index in [2.05, 4.69) is 24.3 Å². The Bertz CT molecular complexity index is 365. The average molecular weight is 203 g/mol. The van der Waals surface area contributed by atoms with Crippen LogP contribution in [0.3, 0.4) is 0 Å². The molecule has 0 aromatic heterocycles. The van der Waals surface area contributed by atoms with Crippen molar-refractivity contribution in [1.29, 1.82) is 0 Å². The second kappa shape index (κ2) is 3.32. The van der Waals surface area contributed by atoms with Crippen LogP contribution < -0.4 is 5.73 Å². The summed E-state index contributed by atoms with van der Waals surface area (Å²) < 4.78 is 5.46. The van der Waals surface area contributed by atoms with Gasteiger partial charge in [0.1, 0.15) is 0 Å². The maximum absolute atomic E-state index is 6.30. The highest BCUT2D eigenvalue weighted by molar-refractivity contribution is 5.39. The Kier molecular flexibility index (Phi) is 2.08. The summed E-state index contributed by atoms with van der Waals surface area (Å²) in [6.45, 7) is 1.77. The lowest BCUT2D eigenvalue weighted by atomic mass is 9.89. The van der Waals surface area contributed by atoms with E-state index in [1.165, 1.54) is 11.1 Å². The zero-order chi connectivity index (χ0) is 10.3. The van der Waals surface area contributed by atoms with Crippen LogP contribution in [-0.4, -0.2) is 13.2 Å². The topological polar surface area (TPSA) is 35.2 Å². The van der Waals surface area contributed by atoms with Crippen LogP contribution in [0, 0.1) is 0 Å². The third kappa shape index (κ3) is 1.58. The molecule has 2 aliphatic rings. The minimum absolute atomic E-state index is 0.0147. The second-order valence-electron chi connectivity index (χ2n) is 4.80. The minimum Gasteiger partial charge on any atom is -0.381 e. The molecule has 1 aromatic carbocycles. The first-order chi connectivity index (χ1) is 7.30. The molecule has 0 amide bonds. The van der Waals surface area contributed by atoms with Crippen LogP contribution in [-0.2, 0) is 10.3 Å². The lowest BCUT2D eigenvalue weighted by molar-refractivity contribution is 0.193. The predicted molar refractivity (Wildman–Crippen MR) is 59.7 cm³/mol. The Morgan fingerprint density at radius 1 is 1.27 bits per heavy atom. The van der Waals surface area contributed by atoms with Crippen LogP contribution in [0.15, 0.2) is 24.3 Å². The average Bonchev–Trinajstić information content (AvgIpc) is 2.84. The van der Waals surface area contributed by atoms with E-state index in [0.29, 0.717) is 5.92 Å². The molecule has 2 nitrogen and oxygen atoms in total. The fourth-order valence-electron chi connectivity index (χ4n) is 2.49. The van der Waals surface area contributed by atoms with E-state index in [9.17, 15) is 0 Å². The van der Waals surface area contributed by atoms with Crippen LogP contribution in [0.25, 0.3) is 0 Å². The van der Waals surface area contributed by atoms with Gasteiger partial charge in [-0.15, -0.1) is 0 Å². The highest BCUT2D eigenvalue weighted by atomic mass is 16.5. The molecule has 0 radical (unpaired) electrons. The molecule has 1 saturated heterocycles. The highest BCUT2D eigenvalue weighted by Gasteiger charge is 2.42. The molecule has 1 unspecified atom stereocenters. The number of nitrogens with two attached hydrogens (primary N) is 1. The molecule has 2 heteroatoms. The molecule has 1 aliphatic heterocycles. The molecule has 1 aliphatic carbocycles. The molecule has 80 valence electrons. The van der Waals surface area contributed by atoms with Gasteiger partial charge in [0.2, 0.25) is 0 Å². The number of hydrogen-bond donors (Lipinski definition) is 1. The maximum Gasteiger partial charge on any atom is 0.0535 e. The van der Waals surface area contributed by atoms with Crippen LogP contribution in [0.2, 0.25) is 0 Å². The van der Waals surface area contributed by atoms with Gasteiger partial charge in [-0.25, -0.2) is 0 Å². The molecule has 2 fully saturated rings. The van der Waals surface area contributed by atoms with E-state index in [1.54, 1.807) is 0 Å². The van der Waals surface area contributed by atoms with Gasteiger partial charge in [-0.05, 0) is 30.4 Å². The van der Waals surface area contributed by atoms with Crippen molar-refractivity contribution in [3.63, 3.8) is 0 Å². The fraction of sp³-hybridized carbons (Fsp3) is 0.538. The van der Waals surface area contributed by atoms with E-state index in [-0.39, 0.29) is 5.54 Å². The maximum atomic E-state index is 6.30. The molecule has 1 heterocycles. The zero-order valence-corrected chi connectivity index (χ0v) is 8.91. The number of benzene rings is 1. The summed E-state index contributed by atoms with van der Waals surface area (Å²) in [5, 5.41) is 0. The summed E-state index contributed by atoms with van der Waals surface area (Å²) in [4.78, 5) is 0. The Labute approximate surface area is 90.4 Å². The minimum atomic E-state index is -0.0147. The fourth-order valence-corrected chi connectivity index (χ4v) is 2.49. The Morgan fingerprint density at radius 2 is 2.07 bits per heavy atom. The van der Waals surface area contributed by atoms with E-state index >= 15 is 0 Å². The standard InChI is InChI=1S/C13H17NO/c14-13(6-7-13)12-4-2-1-3-11(12)10-5-8-15-9-10/h1-4,10H,5-9,14H2. The number of hydrogen-bond acceptors (Lipinski definition) is 2. The van der Waals surface area contributed by atoms with Crippen molar-refractivity contribution in [1.82, 2.24) is 0 Å². The molecule has 0 bridgehead atoms. The van der Waals surface area contributed by atoms with E-state index < -0.39 is 0 Å². The monoisotopic (exact) mass is 203 g/mol. The summed E-state index contributed by atoms with van der Waals surface area (Å²) in [5.41, 5.74) is 9.07. The van der Waals surface area contributed by atoms with Crippen LogP contribution in [0.5, 0.6) is 0 Å². The van der Waals surface area contributed by atoms with Gasteiger partial charge in [-0.3, -0.25) is 0 Å². The Morgan fingerprint density at radius 3 is 2.73 bits per heavy atom. The molecular weight excluding hydrogens is 186 g/mol. The SMILES string of the molecule is NC1(c2ccccc2C2CCOC2)CC1. The van der Waals surface area contributed by atoms with Gasteiger partial charge in [-0.1, -0.05) is 24.3 Å². The van der Waals surface area contributed by atoms with Gasteiger partial charge < -0.3 is 10.5 Å². The molecule has 0 spiro atoms. The van der Waals surface area contributed by atoms with E-state index in [4.69, 9.17) is 10.5 Å². The predicted octanol–water partition coefficient (Wildman–Crippen LogP) is 2.14. The highest BCUT2D eigenvalue weighted by Crippen LogP contribution is 2.46. The normalized spacial score (nSPS) is 27.9. The molecule has 1 aromatic rings. The summed E-state index contributed by atoms with van der Waals surface area (Å²) in [7, 11) is 0. The first-order valence-electron chi connectivity index (χ1n) is 5.76. The van der Waals surface area contributed by atoms with E-state index in [0.717, 1.165) is 32.5 Å². The van der Waals surface area contributed by atoms with Gasteiger partial charge in [0.25, 0.3) is 0 Å². The van der Waals surface area contributed by atoms with Gasteiger partial charge in [0.05, 0.1) is 6.61 Å². The van der Waals surface area contributed by atoms with Crippen molar-refractivity contribution in [2.45, 2.75) is 30.7 Å². The Hall–Kier alpha value is -0.860. The van der Waals surface area contributed by atoms with Crippen molar-refractivity contribution in [3.8, 4) is 0 Å². The second-order valence-corrected chi connectivity index (χ2v) is 4.80. The lowest BCUT2D eigenvalue weighted by Gasteiger charge is -2.18. The summed E-state index contributed by atoms with van der Waals surface area (Å²) in [5.74, 6) is 0.572. The largest absolute Gasteiger partial charge is 0.381 e. The summed E-state index contributed by atoms with van der Waals surface area (Å²) in [6, 6.07) is 8.63. The quantitative estimate of drug-likeness (QED) is 0.799. The van der Waals surface area contributed by atoms with Crippen molar-refractivity contribution < 1.29 is 4.74 Å². The van der Waals surface area contributed by atoms with Crippen molar-refractivity contribution in [3.05, 3.63) is 35.4 Å².